The Morgan fingerprint density at radius 1 is 1.69 bits per heavy atom. The van der Waals surface area contributed by atoms with E-state index in [4.69, 9.17) is 0 Å². The van der Waals surface area contributed by atoms with Crippen molar-refractivity contribution < 1.29 is 14.6 Å². The van der Waals surface area contributed by atoms with Crippen LogP contribution in [0.25, 0.3) is 0 Å². The molecule has 1 aliphatic rings. The SMILES string of the molecule is CCC(C)(O)CN1CCC(NC(=O)OC)C1. The van der Waals surface area contributed by atoms with E-state index in [1.165, 1.54) is 7.11 Å². The minimum atomic E-state index is -0.639. The van der Waals surface area contributed by atoms with Crippen molar-refractivity contribution in [2.24, 2.45) is 0 Å². The number of hydrogen-bond donors (Lipinski definition) is 2. The van der Waals surface area contributed by atoms with Gasteiger partial charge in [-0.2, -0.15) is 0 Å². The van der Waals surface area contributed by atoms with Gasteiger partial charge in [0.15, 0.2) is 0 Å². The Morgan fingerprint density at radius 3 is 2.94 bits per heavy atom. The molecule has 0 saturated carbocycles. The molecule has 5 heteroatoms. The Hall–Kier alpha value is -0.810. The summed E-state index contributed by atoms with van der Waals surface area (Å²) in [7, 11) is 1.37. The molecular formula is C11H22N2O3. The van der Waals surface area contributed by atoms with Crippen molar-refractivity contribution in [3.8, 4) is 0 Å². The number of amides is 1. The number of methoxy groups -OCH3 is 1. The van der Waals surface area contributed by atoms with Crippen molar-refractivity contribution in [1.29, 1.82) is 0 Å². The van der Waals surface area contributed by atoms with Crippen molar-refractivity contribution in [2.75, 3.05) is 26.7 Å². The molecule has 1 amide bonds. The van der Waals surface area contributed by atoms with Crippen LogP contribution in [0.2, 0.25) is 0 Å². The van der Waals surface area contributed by atoms with Gasteiger partial charge in [0.25, 0.3) is 0 Å². The van der Waals surface area contributed by atoms with Crippen LogP contribution in [-0.4, -0.2) is 54.5 Å². The summed E-state index contributed by atoms with van der Waals surface area (Å²) in [5.74, 6) is 0. The van der Waals surface area contributed by atoms with E-state index in [-0.39, 0.29) is 12.1 Å². The van der Waals surface area contributed by atoms with Crippen LogP contribution in [0, 0.1) is 0 Å². The van der Waals surface area contributed by atoms with Crippen LogP contribution in [0.5, 0.6) is 0 Å². The van der Waals surface area contributed by atoms with Gasteiger partial charge >= 0.3 is 6.09 Å². The third-order valence-corrected chi connectivity index (χ3v) is 3.11. The lowest BCUT2D eigenvalue weighted by atomic mass is 10.0. The summed E-state index contributed by atoms with van der Waals surface area (Å²) >= 11 is 0. The lowest BCUT2D eigenvalue weighted by Crippen LogP contribution is -2.42. The largest absolute Gasteiger partial charge is 0.453 e. The summed E-state index contributed by atoms with van der Waals surface area (Å²) in [4.78, 5) is 13.2. The highest BCUT2D eigenvalue weighted by Crippen LogP contribution is 2.16. The van der Waals surface area contributed by atoms with Gasteiger partial charge in [0.2, 0.25) is 0 Å². The highest BCUT2D eigenvalue weighted by molar-refractivity contribution is 5.67. The number of carbonyl (C=O) groups excluding carboxylic acids is 1. The lowest BCUT2D eigenvalue weighted by molar-refractivity contribution is 0.0226. The average molecular weight is 230 g/mol. The van der Waals surface area contributed by atoms with Crippen LogP contribution in [0.4, 0.5) is 4.79 Å². The summed E-state index contributed by atoms with van der Waals surface area (Å²) in [5.41, 5.74) is -0.639. The van der Waals surface area contributed by atoms with E-state index in [0.717, 1.165) is 25.9 Å². The van der Waals surface area contributed by atoms with E-state index >= 15 is 0 Å². The molecule has 0 aliphatic carbocycles. The van der Waals surface area contributed by atoms with E-state index in [1.54, 1.807) is 0 Å². The molecule has 1 rings (SSSR count). The molecule has 5 nitrogen and oxygen atoms in total. The highest BCUT2D eigenvalue weighted by atomic mass is 16.5. The zero-order chi connectivity index (χ0) is 12.2. The maximum atomic E-state index is 11.0. The molecule has 0 bridgehead atoms. The van der Waals surface area contributed by atoms with Crippen LogP contribution in [0.3, 0.4) is 0 Å². The number of nitrogens with one attached hydrogen (secondary N) is 1. The van der Waals surface area contributed by atoms with Crippen molar-refractivity contribution in [3.63, 3.8) is 0 Å². The number of hydrogen-bond acceptors (Lipinski definition) is 4. The van der Waals surface area contributed by atoms with Crippen LogP contribution in [-0.2, 0) is 4.74 Å². The predicted molar refractivity (Wildman–Crippen MR) is 61.3 cm³/mol. The van der Waals surface area contributed by atoms with Crippen molar-refractivity contribution in [3.05, 3.63) is 0 Å². The molecule has 1 aliphatic heterocycles. The number of alkyl carbamates (subject to hydrolysis) is 1. The fourth-order valence-electron chi connectivity index (χ4n) is 1.91. The number of ether oxygens (including phenoxy) is 1. The molecule has 2 N–H and O–H groups in total. The summed E-state index contributed by atoms with van der Waals surface area (Å²) in [6, 6.07) is 0.139. The normalized spacial score (nSPS) is 25.1. The predicted octanol–water partition coefficient (Wildman–Crippen LogP) is 0.578. The maximum absolute atomic E-state index is 11.0. The van der Waals surface area contributed by atoms with Gasteiger partial charge in [-0.1, -0.05) is 6.92 Å². The van der Waals surface area contributed by atoms with Crippen LogP contribution in [0.15, 0.2) is 0 Å². The summed E-state index contributed by atoms with van der Waals surface area (Å²) in [6.07, 6.45) is 1.27. The second-order valence-electron chi connectivity index (χ2n) is 4.71. The fourth-order valence-corrected chi connectivity index (χ4v) is 1.91. The van der Waals surface area contributed by atoms with Crippen molar-refractivity contribution >= 4 is 6.09 Å². The highest BCUT2D eigenvalue weighted by Gasteiger charge is 2.29. The van der Waals surface area contributed by atoms with Gasteiger partial charge in [-0.15, -0.1) is 0 Å². The first-order valence-electron chi connectivity index (χ1n) is 5.76. The maximum Gasteiger partial charge on any atom is 0.407 e. The van der Waals surface area contributed by atoms with Crippen LogP contribution in [0.1, 0.15) is 26.7 Å². The van der Waals surface area contributed by atoms with Gasteiger partial charge in [0, 0.05) is 25.7 Å². The monoisotopic (exact) mass is 230 g/mol. The third-order valence-electron chi connectivity index (χ3n) is 3.11. The first-order valence-corrected chi connectivity index (χ1v) is 5.76. The van der Waals surface area contributed by atoms with Gasteiger partial charge < -0.3 is 15.2 Å². The zero-order valence-electron chi connectivity index (χ0n) is 10.3. The zero-order valence-corrected chi connectivity index (χ0v) is 10.3. The van der Waals surface area contributed by atoms with Crippen molar-refractivity contribution in [2.45, 2.75) is 38.3 Å². The molecule has 1 fully saturated rings. The molecule has 0 aromatic rings. The van der Waals surface area contributed by atoms with Gasteiger partial charge in [-0.25, -0.2) is 4.79 Å². The number of carbonyl (C=O) groups is 1. The van der Waals surface area contributed by atoms with Crippen LogP contribution >= 0.6 is 0 Å². The molecule has 16 heavy (non-hydrogen) atoms. The molecule has 0 aromatic carbocycles. The van der Waals surface area contributed by atoms with Gasteiger partial charge in [0.1, 0.15) is 0 Å². The summed E-state index contributed by atoms with van der Waals surface area (Å²) in [5, 5.41) is 12.7. The second-order valence-corrected chi connectivity index (χ2v) is 4.71. The number of likely N-dealkylation sites (tertiary alicyclic amines) is 1. The van der Waals surface area contributed by atoms with Gasteiger partial charge in [-0.3, -0.25) is 4.90 Å². The second kappa shape index (κ2) is 5.50. The fraction of sp³-hybridized carbons (Fsp3) is 0.909. The Balaban J connectivity index is 2.32. The molecule has 0 aromatic heterocycles. The molecular weight excluding hydrogens is 208 g/mol. The van der Waals surface area contributed by atoms with Crippen molar-refractivity contribution in [1.82, 2.24) is 10.2 Å². The van der Waals surface area contributed by atoms with Gasteiger partial charge in [0.05, 0.1) is 12.7 Å². The first-order chi connectivity index (χ1) is 7.46. The average Bonchev–Trinajstić information content (AvgIpc) is 2.64. The summed E-state index contributed by atoms with van der Waals surface area (Å²) in [6.45, 7) is 6.16. The minimum absolute atomic E-state index is 0.139. The Kier molecular flexibility index (Phi) is 4.56. The quantitative estimate of drug-likeness (QED) is 0.741. The van der Waals surface area contributed by atoms with Crippen LogP contribution < -0.4 is 5.32 Å². The third kappa shape index (κ3) is 3.98. The molecule has 0 spiro atoms. The standard InChI is InChI=1S/C11H22N2O3/c1-4-11(2,15)8-13-6-5-9(7-13)12-10(14)16-3/h9,15H,4-8H2,1-3H3,(H,12,14). The Bertz CT molecular complexity index is 243. The van der Waals surface area contributed by atoms with E-state index in [2.05, 4.69) is 15.0 Å². The smallest absolute Gasteiger partial charge is 0.407 e. The minimum Gasteiger partial charge on any atom is -0.453 e. The molecule has 94 valence electrons. The molecule has 2 unspecified atom stereocenters. The Labute approximate surface area is 96.8 Å². The van der Waals surface area contributed by atoms with E-state index in [0.29, 0.717) is 6.54 Å². The van der Waals surface area contributed by atoms with E-state index < -0.39 is 5.60 Å². The molecule has 1 heterocycles. The summed E-state index contributed by atoms with van der Waals surface area (Å²) < 4.78 is 4.55. The number of nitrogens with zero attached hydrogens (tertiary/aromatic N) is 1. The van der Waals surface area contributed by atoms with E-state index in [1.807, 2.05) is 13.8 Å². The Morgan fingerprint density at radius 2 is 2.38 bits per heavy atom. The number of rotatable bonds is 4. The number of aliphatic hydroxyl groups is 1. The van der Waals surface area contributed by atoms with E-state index in [9.17, 15) is 9.90 Å². The molecule has 1 saturated heterocycles. The molecule has 0 radical (unpaired) electrons. The molecule has 2 atom stereocenters. The van der Waals surface area contributed by atoms with Gasteiger partial charge in [-0.05, 0) is 19.8 Å². The lowest BCUT2D eigenvalue weighted by Gasteiger charge is -2.27. The first kappa shape index (κ1) is 13.3. The topological polar surface area (TPSA) is 61.8 Å². The number of β-amino-alcohol motifs (C(OH)–C–C–N with tert-alkyl or cyclic N) is 1.